The summed E-state index contributed by atoms with van der Waals surface area (Å²) in [5.74, 6) is 2.29. The highest BCUT2D eigenvalue weighted by molar-refractivity contribution is 5.39. The SMILES string of the molecule is CCCc1cc(C)ccc1C1[C]C2C=CC=CC2C1C. The monoisotopic (exact) mass is 264 g/mol. The van der Waals surface area contributed by atoms with Crippen molar-refractivity contribution in [2.75, 3.05) is 0 Å². The zero-order chi connectivity index (χ0) is 14.1. The third kappa shape index (κ3) is 2.37. The molecule has 0 nitrogen and oxygen atoms in total. The van der Waals surface area contributed by atoms with Gasteiger partial charge in [0.2, 0.25) is 0 Å². The van der Waals surface area contributed by atoms with Gasteiger partial charge >= 0.3 is 0 Å². The van der Waals surface area contributed by atoms with Gasteiger partial charge in [0, 0.05) is 0 Å². The molecule has 1 saturated carbocycles. The van der Waals surface area contributed by atoms with Gasteiger partial charge in [0.1, 0.15) is 0 Å². The highest BCUT2D eigenvalue weighted by Crippen LogP contribution is 2.49. The van der Waals surface area contributed by atoms with E-state index in [1.807, 2.05) is 0 Å². The molecule has 4 atom stereocenters. The third-order valence-electron chi connectivity index (χ3n) is 4.84. The number of aryl methyl sites for hydroxylation is 2. The summed E-state index contributed by atoms with van der Waals surface area (Å²) in [5.41, 5.74) is 4.42. The van der Waals surface area contributed by atoms with Crippen molar-refractivity contribution in [1.29, 1.82) is 0 Å². The van der Waals surface area contributed by atoms with Gasteiger partial charge in [-0.3, -0.25) is 0 Å². The second-order valence-corrected chi connectivity index (χ2v) is 6.33. The highest BCUT2D eigenvalue weighted by Gasteiger charge is 2.40. The maximum atomic E-state index is 3.84. The van der Waals surface area contributed by atoms with Crippen LogP contribution in [-0.4, -0.2) is 0 Å². The van der Waals surface area contributed by atoms with Crippen molar-refractivity contribution in [1.82, 2.24) is 0 Å². The summed E-state index contributed by atoms with van der Waals surface area (Å²) < 4.78 is 0. The average Bonchev–Trinajstić information content (AvgIpc) is 2.77. The fourth-order valence-electron chi connectivity index (χ4n) is 3.77. The molecule has 0 saturated heterocycles. The zero-order valence-electron chi connectivity index (χ0n) is 12.8. The van der Waals surface area contributed by atoms with Crippen LogP contribution in [0.4, 0.5) is 0 Å². The first-order valence-corrected chi connectivity index (χ1v) is 7.91. The fourth-order valence-corrected chi connectivity index (χ4v) is 3.77. The highest BCUT2D eigenvalue weighted by atomic mass is 14.4. The Balaban J connectivity index is 1.93. The van der Waals surface area contributed by atoms with E-state index in [0.29, 0.717) is 23.7 Å². The van der Waals surface area contributed by atoms with Crippen molar-refractivity contribution in [3.63, 3.8) is 0 Å². The Morgan fingerprint density at radius 1 is 1.15 bits per heavy atom. The largest absolute Gasteiger partial charge is 0.0805 e. The first kappa shape index (κ1) is 13.7. The molecule has 2 aliphatic rings. The van der Waals surface area contributed by atoms with Crippen LogP contribution < -0.4 is 0 Å². The summed E-state index contributed by atoms with van der Waals surface area (Å²) in [6.45, 7) is 6.85. The summed E-state index contributed by atoms with van der Waals surface area (Å²) >= 11 is 0. The van der Waals surface area contributed by atoms with Crippen LogP contribution in [0, 0.1) is 31.1 Å². The smallest absolute Gasteiger partial charge is 0.000879 e. The van der Waals surface area contributed by atoms with E-state index in [2.05, 4.69) is 69.7 Å². The summed E-state index contributed by atoms with van der Waals surface area (Å²) in [6, 6.07) is 6.98. The van der Waals surface area contributed by atoms with Crippen LogP contribution in [0.5, 0.6) is 0 Å². The summed E-state index contributed by atoms with van der Waals surface area (Å²) in [4.78, 5) is 0. The molecule has 0 N–H and O–H groups in total. The standard InChI is InChI=1S/C20H24/c1-4-7-16-12-14(2)10-11-19(16)20-13-17-8-5-6-9-18(17)15(20)3/h5-6,8-12,15,17-18,20H,4,7H2,1-3H3. The Morgan fingerprint density at radius 2 is 1.95 bits per heavy atom. The predicted octanol–water partition coefficient (Wildman–Crippen LogP) is 5.12. The van der Waals surface area contributed by atoms with Crippen molar-refractivity contribution in [2.45, 2.75) is 39.5 Å². The number of fused-ring (bicyclic) bond motifs is 1. The molecule has 4 unspecified atom stereocenters. The molecule has 0 spiro atoms. The molecule has 0 amide bonds. The van der Waals surface area contributed by atoms with Crippen LogP contribution in [-0.2, 0) is 6.42 Å². The number of benzene rings is 1. The van der Waals surface area contributed by atoms with E-state index in [9.17, 15) is 0 Å². The van der Waals surface area contributed by atoms with Gasteiger partial charge < -0.3 is 0 Å². The van der Waals surface area contributed by atoms with Crippen LogP contribution in [0.3, 0.4) is 0 Å². The molecule has 3 rings (SSSR count). The number of hydrogen-bond donors (Lipinski definition) is 0. The van der Waals surface area contributed by atoms with Crippen molar-refractivity contribution in [3.05, 3.63) is 65.6 Å². The van der Waals surface area contributed by atoms with Crippen LogP contribution in [0.2, 0.25) is 0 Å². The topological polar surface area (TPSA) is 0 Å². The molecule has 0 heterocycles. The number of rotatable bonds is 3. The fraction of sp³-hybridized carbons (Fsp3) is 0.450. The summed E-state index contributed by atoms with van der Waals surface area (Å²) in [6.07, 6.45) is 15.3. The van der Waals surface area contributed by atoms with E-state index in [4.69, 9.17) is 0 Å². The Bertz CT molecular complexity index is 535. The minimum atomic E-state index is 0.486. The lowest BCUT2D eigenvalue weighted by Crippen LogP contribution is -2.13. The lowest BCUT2D eigenvalue weighted by molar-refractivity contribution is 0.429. The molecule has 2 aliphatic carbocycles. The van der Waals surface area contributed by atoms with Gasteiger partial charge in [0.05, 0.1) is 0 Å². The van der Waals surface area contributed by atoms with Crippen molar-refractivity contribution < 1.29 is 0 Å². The Morgan fingerprint density at radius 3 is 2.70 bits per heavy atom. The quantitative estimate of drug-likeness (QED) is 0.710. The lowest BCUT2D eigenvalue weighted by atomic mass is 9.82. The van der Waals surface area contributed by atoms with Gasteiger partial charge in [-0.2, -0.15) is 0 Å². The van der Waals surface area contributed by atoms with E-state index in [0.717, 1.165) is 0 Å². The van der Waals surface area contributed by atoms with E-state index in [-0.39, 0.29) is 0 Å². The molecule has 104 valence electrons. The number of allylic oxidation sites excluding steroid dienone is 4. The first-order valence-electron chi connectivity index (χ1n) is 7.91. The minimum absolute atomic E-state index is 0.486. The zero-order valence-corrected chi connectivity index (χ0v) is 12.8. The van der Waals surface area contributed by atoms with E-state index < -0.39 is 0 Å². The van der Waals surface area contributed by atoms with Gasteiger partial charge in [-0.15, -0.1) is 0 Å². The van der Waals surface area contributed by atoms with Crippen LogP contribution in [0.1, 0.15) is 42.9 Å². The molecule has 0 aliphatic heterocycles. The molecule has 1 aromatic rings. The van der Waals surface area contributed by atoms with Gasteiger partial charge in [0.25, 0.3) is 0 Å². The van der Waals surface area contributed by atoms with Gasteiger partial charge in [-0.25, -0.2) is 0 Å². The van der Waals surface area contributed by atoms with Gasteiger partial charge in [-0.1, -0.05) is 68.3 Å². The van der Waals surface area contributed by atoms with E-state index in [1.54, 1.807) is 0 Å². The Hall–Kier alpha value is -1.30. The van der Waals surface area contributed by atoms with Gasteiger partial charge in [0.15, 0.2) is 0 Å². The van der Waals surface area contributed by atoms with Crippen LogP contribution >= 0.6 is 0 Å². The lowest BCUT2D eigenvalue weighted by Gasteiger charge is -2.22. The molecular weight excluding hydrogens is 240 g/mol. The molecule has 0 heteroatoms. The van der Waals surface area contributed by atoms with E-state index in [1.165, 1.54) is 29.5 Å². The van der Waals surface area contributed by atoms with Crippen molar-refractivity contribution >= 4 is 0 Å². The maximum Gasteiger partial charge on any atom is -0.000879 e. The average molecular weight is 264 g/mol. The molecule has 1 fully saturated rings. The second kappa shape index (κ2) is 5.60. The number of hydrogen-bond acceptors (Lipinski definition) is 0. The first-order chi connectivity index (χ1) is 9.70. The van der Waals surface area contributed by atoms with Crippen molar-refractivity contribution in [3.8, 4) is 0 Å². The molecule has 1 aromatic carbocycles. The third-order valence-corrected chi connectivity index (χ3v) is 4.84. The molecule has 20 heavy (non-hydrogen) atoms. The molecular formula is C20H24. The van der Waals surface area contributed by atoms with E-state index >= 15 is 0 Å². The van der Waals surface area contributed by atoms with Crippen LogP contribution in [0.15, 0.2) is 42.5 Å². The normalized spacial score (nSPS) is 31.6. The predicted molar refractivity (Wildman–Crippen MR) is 85.6 cm³/mol. The summed E-state index contributed by atoms with van der Waals surface area (Å²) in [5, 5.41) is 0. The Labute approximate surface area is 123 Å². The van der Waals surface area contributed by atoms with Crippen LogP contribution in [0.25, 0.3) is 0 Å². The molecule has 0 aromatic heterocycles. The summed E-state index contributed by atoms with van der Waals surface area (Å²) in [7, 11) is 0. The molecule has 0 bridgehead atoms. The Kier molecular flexibility index (Phi) is 3.83. The minimum Gasteiger partial charge on any atom is -0.0805 e. The van der Waals surface area contributed by atoms with Crippen molar-refractivity contribution in [2.24, 2.45) is 17.8 Å². The maximum absolute atomic E-state index is 3.84. The second-order valence-electron chi connectivity index (χ2n) is 6.33. The van der Waals surface area contributed by atoms with Gasteiger partial charge in [-0.05, 0) is 54.6 Å². The molecule has 2 radical (unpaired) electrons.